The fourth-order valence-electron chi connectivity index (χ4n) is 2.78. The van der Waals surface area contributed by atoms with Crippen LogP contribution in [0.15, 0.2) is 6.07 Å². The quantitative estimate of drug-likeness (QED) is 0.827. The highest BCUT2D eigenvalue weighted by atomic mass is 32.1. The van der Waals surface area contributed by atoms with Crippen LogP contribution in [0, 0.1) is 6.92 Å². The summed E-state index contributed by atoms with van der Waals surface area (Å²) in [6, 6.07) is 2.42. The van der Waals surface area contributed by atoms with E-state index >= 15 is 0 Å². The van der Waals surface area contributed by atoms with Crippen molar-refractivity contribution in [3.63, 3.8) is 0 Å². The Morgan fingerprint density at radius 1 is 1.45 bits per heavy atom. The third-order valence-corrected chi connectivity index (χ3v) is 4.08. The summed E-state index contributed by atoms with van der Waals surface area (Å²) in [4.78, 5) is 14.1. The summed E-state index contributed by atoms with van der Waals surface area (Å²) in [7, 11) is 0. The molecule has 0 radical (unpaired) electrons. The first-order valence-corrected chi connectivity index (χ1v) is 7.60. The Balaban J connectivity index is 2.15. The van der Waals surface area contributed by atoms with E-state index in [4.69, 9.17) is 18.0 Å². The summed E-state index contributed by atoms with van der Waals surface area (Å²) in [6.45, 7) is 10.5. The molecule has 0 bridgehead atoms. The maximum Gasteiger partial charge on any atom is 0.226 e. The number of hydrogen-bond donors (Lipinski definition) is 1. The largest absolute Gasteiger partial charge is 0.388 e. The fraction of sp³-hybridized carbons (Fsp3) is 0.643. The SMILES string of the molecule is CCN(CC)C1CCN(c2nc(C)cc(C(N)=S)n2)C1. The van der Waals surface area contributed by atoms with E-state index in [2.05, 4.69) is 33.6 Å². The molecule has 5 nitrogen and oxygen atoms in total. The molecule has 20 heavy (non-hydrogen) atoms. The molecule has 0 saturated carbocycles. The number of nitrogens with zero attached hydrogens (tertiary/aromatic N) is 4. The van der Waals surface area contributed by atoms with Crippen molar-refractivity contribution in [1.82, 2.24) is 14.9 Å². The lowest BCUT2D eigenvalue weighted by Crippen LogP contribution is -2.37. The number of nitrogens with two attached hydrogens (primary N) is 1. The van der Waals surface area contributed by atoms with Gasteiger partial charge in [-0.15, -0.1) is 0 Å². The smallest absolute Gasteiger partial charge is 0.226 e. The van der Waals surface area contributed by atoms with Gasteiger partial charge in [-0.25, -0.2) is 9.97 Å². The van der Waals surface area contributed by atoms with E-state index in [9.17, 15) is 0 Å². The summed E-state index contributed by atoms with van der Waals surface area (Å²) >= 11 is 5.02. The van der Waals surface area contributed by atoms with Gasteiger partial charge in [-0.3, -0.25) is 4.90 Å². The molecule has 1 saturated heterocycles. The Kier molecular flexibility index (Phi) is 4.88. The average molecular weight is 293 g/mol. The van der Waals surface area contributed by atoms with Crippen LogP contribution in [-0.2, 0) is 0 Å². The Bertz CT molecular complexity index is 486. The fourth-order valence-corrected chi connectivity index (χ4v) is 2.89. The first kappa shape index (κ1) is 15.1. The minimum Gasteiger partial charge on any atom is -0.388 e. The first-order chi connectivity index (χ1) is 9.55. The van der Waals surface area contributed by atoms with Gasteiger partial charge in [0, 0.05) is 24.8 Å². The standard InChI is InChI=1S/C14H23N5S/c1-4-18(5-2)11-6-7-19(9-11)14-16-10(3)8-12(17-14)13(15)20/h8,11H,4-7,9H2,1-3H3,(H2,15,20). The van der Waals surface area contributed by atoms with Crippen LogP contribution < -0.4 is 10.6 Å². The summed E-state index contributed by atoms with van der Waals surface area (Å²) in [5, 5.41) is 0. The number of thiocarbonyl (C=S) groups is 1. The highest BCUT2D eigenvalue weighted by Gasteiger charge is 2.28. The van der Waals surface area contributed by atoms with E-state index in [-0.39, 0.29) is 0 Å². The summed E-state index contributed by atoms with van der Waals surface area (Å²) in [5.74, 6) is 0.752. The second-order valence-corrected chi connectivity index (χ2v) is 5.61. The van der Waals surface area contributed by atoms with Gasteiger partial charge >= 0.3 is 0 Å². The van der Waals surface area contributed by atoms with Gasteiger partial charge in [0.1, 0.15) is 10.7 Å². The van der Waals surface area contributed by atoms with Gasteiger partial charge in [-0.05, 0) is 32.5 Å². The lowest BCUT2D eigenvalue weighted by Gasteiger charge is -2.26. The average Bonchev–Trinajstić information content (AvgIpc) is 2.89. The molecule has 0 aromatic carbocycles. The van der Waals surface area contributed by atoms with Gasteiger partial charge in [0.2, 0.25) is 5.95 Å². The van der Waals surface area contributed by atoms with Gasteiger partial charge in [0.05, 0.1) is 0 Å². The van der Waals surface area contributed by atoms with Crippen LogP contribution in [0.4, 0.5) is 5.95 Å². The summed E-state index contributed by atoms with van der Waals surface area (Å²) < 4.78 is 0. The Morgan fingerprint density at radius 2 is 2.15 bits per heavy atom. The van der Waals surface area contributed by atoms with Crippen molar-refractivity contribution < 1.29 is 0 Å². The molecule has 1 aromatic heterocycles. The van der Waals surface area contributed by atoms with Crippen molar-refractivity contribution in [2.24, 2.45) is 5.73 Å². The van der Waals surface area contributed by atoms with E-state index in [0.29, 0.717) is 16.7 Å². The van der Waals surface area contributed by atoms with E-state index < -0.39 is 0 Å². The van der Waals surface area contributed by atoms with Gasteiger partial charge in [-0.1, -0.05) is 26.1 Å². The summed E-state index contributed by atoms with van der Waals surface area (Å²) in [6.07, 6.45) is 1.15. The molecule has 1 aliphatic rings. The van der Waals surface area contributed by atoms with Crippen LogP contribution in [0.25, 0.3) is 0 Å². The Hall–Kier alpha value is -1.27. The van der Waals surface area contributed by atoms with Gasteiger partial charge in [0.25, 0.3) is 0 Å². The molecule has 2 N–H and O–H groups in total. The third-order valence-electron chi connectivity index (χ3n) is 3.87. The van der Waals surface area contributed by atoms with Gasteiger partial charge < -0.3 is 10.6 Å². The molecule has 0 aliphatic carbocycles. The zero-order chi connectivity index (χ0) is 14.7. The van der Waals surface area contributed by atoms with Crippen LogP contribution in [0.1, 0.15) is 31.7 Å². The molecule has 1 fully saturated rings. The highest BCUT2D eigenvalue weighted by Crippen LogP contribution is 2.20. The predicted molar refractivity (Wildman–Crippen MR) is 86.2 cm³/mol. The Morgan fingerprint density at radius 3 is 2.75 bits per heavy atom. The lowest BCUT2D eigenvalue weighted by molar-refractivity contribution is 0.232. The number of hydrogen-bond acceptors (Lipinski definition) is 5. The van der Waals surface area contributed by atoms with Gasteiger partial charge in [-0.2, -0.15) is 0 Å². The van der Waals surface area contributed by atoms with E-state index in [0.717, 1.165) is 44.2 Å². The normalized spacial score (nSPS) is 18.8. The minimum absolute atomic E-state index is 0.330. The second kappa shape index (κ2) is 6.45. The highest BCUT2D eigenvalue weighted by molar-refractivity contribution is 7.80. The topological polar surface area (TPSA) is 58.3 Å². The lowest BCUT2D eigenvalue weighted by atomic mass is 10.2. The molecule has 2 rings (SSSR count). The number of likely N-dealkylation sites (N-methyl/N-ethyl adjacent to an activating group) is 1. The third kappa shape index (κ3) is 3.24. The van der Waals surface area contributed by atoms with Crippen molar-refractivity contribution in [2.75, 3.05) is 31.1 Å². The van der Waals surface area contributed by atoms with Crippen molar-refractivity contribution in [3.8, 4) is 0 Å². The van der Waals surface area contributed by atoms with Crippen molar-refractivity contribution in [3.05, 3.63) is 17.5 Å². The molecule has 0 spiro atoms. The van der Waals surface area contributed by atoms with E-state index in [1.54, 1.807) is 0 Å². The second-order valence-electron chi connectivity index (χ2n) is 5.17. The molecule has 110 valence electrons. The molecule has 2 heterocycles. The number of rotatable bonds is 5. The molecule has 1 atom stereocenters. The van der Waals surface area contributed by atoms with Crippen LogP contribution in [0.2, 0.25) is 0 Å². The molecular weight excluding hydrogens is 270 g/mol. The van der Waals surface area contributed by atoms with Crippen LogP contribution in [0.3, 0.4) is 0 Å². The number of anilines is 1. The van der Waals surface area contributed by atoms with Crippen molar-refractivity contribution in [2.45, 2.75) is 33.2 Å². The predicted octanol–water partition coefficient (Wildman–Crippen LogP) is 1.34. The van der Waals surface area contributed by atoms with Crippen LogP contribution in [0.5, 0.6) is 0 Å². The molecule has 0 amide bonds. The maximum absolute atomic E-state index is 5.68. The molecule has 1 aromatic rings. The number of aryl methyl sites for hydroxylation is 1. The van der Waals surface area contributed by atoms with Crippen LogP contribution in [-0.4, -0.2) is 52.1 Å². The molecule has 1 aliphatic heterocycles. The first-order valence-electron chi connectivity index (χ1n) is 7.19. The molecule has 1 unspecified atom stereocenters. The number of aromatic nitrogens is 2. The zero-order valence-corrected chi connectivity index (χ0v) is 13.3. The van der Waals surface area contributed by atoms with Crippen molar-refractivity contribution >= 4 is 23.2 Å². The van der Waals surface area contributed by atoms with Crippen LogP contribution >= 0.6 is 12.2 Å². The molecule has 6 heteroatoms. The van der Waals surface area contributed by atoms with E-state index in [1.165, 1.54) is 0 Å². The Labute approximate surface area is 126 Å². The summed E-state index contributed by atoms with van der Waals surface area (Å²) in [5.41, 5.74) is 7.25. The monoisotopic (exact) mass is 293 g/mol. The van der Waals surface area contributed by atoms with E-state index in [1.807, 2.05) is 13.0 Å². The maximum atomic E-state index is 5.68. The van der Waals surface area contributed by atoms with Gasteiger partial charge in [0.15, 0.2) is 0 Å². The van der Waals surface area contributed by atoms with Crippen molar-refractivity contribution in [1.29, 1.82) is 0 Å². The zero-order valence-electron chi connectivity index (χ0n) is 12.5. The molecular formula is C14H23N5S. The minimum atomic E-state index is 0.330.